The van der Waals surface area contributed by atoms with Gasteiger partial charge >= 0.3 is 0 Å². The van der Waals surface area contributed by atoms with Crippen LogP contribution in [0.15, 0.2) is 43.0 Å². The molecular weight excluding hydrogens is 334 g/mol. The number of anilines is 1. The molecule has 2 unspecified atom stereocenters. The summed E-state index contributed by atoms with van der Waals surface area (Å²) in [5.41, 5.74) is 7.37. The lowest BCUT2D eigenvalue weighted by Crippen LogP contribution is -2.40. The average Bonchev–Trinajstić information content (AvgIpc) is 3.29. The quantitative estimate of drug-likeness (QED) is 0.754. The second-order valence-corrected chi connectivity index (χ2v) is 6.88. The highest BCUT2D eigenvalue weighted by atomic mass is 16.8. The van der Waals surface area contributed by atoms with Crippen LogP contribution in [0.5, 0.6) is 0 Å². The monoisotopic (exact) mass is 353 g/mol. The van der Waals surface area contributed by atoms with E-state index < -0.39 is 18.1 Å². The van der Waals surface area contributed by atoms with Gasteiger partial charge in [0.05, 0.1) is 12.4 Å². The van der Waals surface area contributed by atoms with Crippen LogP contribution >= 0.6 is 0 Å². The summed E-state index contributed by atoms with van der Waals surface area (Å²) in [4.78, 5) is 12.7. The van der Waals surface area contributed by atoms with Crippen molar-refractivity contribution in [1.29, 1.82) is 0 Å². The zero-order chi connectivity index (χ0) is 17.9. The molecule has 0 spiro atoms. The first-order valence-electron chi connectivity index (χ1n) is 8.54. The molecule has 2 fully saturated rings. The van der Waals surface area contributed by atoms with E-state index in [1.54, 1.807) is 6.33 Å². The second-order valence-electron chi connectivity index (χ2n) is 6.88. The third-order valence-corrected chi connectivity index (χ3v) is 5.17. The van der Waals surface area contributed by atoms with Crippen LogP contribution in [0.1, 0.15) is 31.9 Å². The highest BCUT2D eigenvalue weighted by Gasteiger charge is 2.61. The van der Waals surface area contributed by atoms with Crippen LogP contribution in [-0.2, 0) is 14.2 Å². The van der Waals surface area contributed by atoms with Crippen molar-refractivity contribution >= 4 is 17.0 Å². The van der Waals surface area contributed by atoms with Crippen LogP contribution in [0.3, 0.4) is 0 Å². The van der Waals surface area contributed by atoms with Gasteiger partial charge in [-0.1, -0.05) is 30.3 Å². The first kappa shape index (κ1) is 15.7. The Hall–Kier alpha value is -2.55. The fraction of sp³-hybridized carbons (Fsp3) is 0.389. The number of aromatic nitrogens is 4. The summed E-state index contributed by atoms with van der Waals surface area (Å²) in [5, 5.41) is 0. The molecule has 2 saturated heterocycles. The number of fused-ring (bicyclic) bond motifs is 2. The smallest absolute Gasteiger partial charge is 0.185 e. The Bertz CT molecular complexity index is 962. The topological polar surface area (TPSA) is 97.3 Å². The largest absolute Gasteiger partial charge is 0.382 e. The van der Waals surface area contributed by atoms with Gasteiger partial charge in [0.1, 0.15) is 23.5 Å². The number of nitrogen functional groups attached to an aromatic ring is 1. The van der Waals surface area contributed by atoms with Crippen molar-refractivity contribution in [2.45, 2.75) is 44.2 Å². The van der Waals surface area contributed by atoms with Gasteiger partial charge < -0.3 is 19.9 Å². The normalized spacial score (nSPS) is 33.6. The lowest BCUT2D eigenvalue weighted by Gasteiger charge is -2.28. The van der Waals surface area contributed by atoms with Gasteiger partial charge in [-0.05, 0) is 13.8 Å². The highest BCUT2D eigenvalue weighted by Crippen LogP contribution is 2.51. The molecule has 8 heteroatoms. The van der Waals surface area contributed by atoms with E-state index in [0.717, 1.165) is 5.56 Å². The van der Waals surface area contributed by atoms with Crippen LogP contribution in [0.4, 0.5) is 5.82 Å². The Balaban J connectivity index is 1.55. The lowest BCUT2D eigenvalue weighted by atomic mass is 9.97. The minimum Gasteiger partial charge on any atom is -0.382 e. The second kappa shape index (κ2) is 5.47. The Morgan fingerprint density at radius 2 is 1.92 bits per heavy atom. The van der Waals surface area contributed by atoms with Crippen molar-refractivity contribution in [1.82, 2.24) is 19.5 Å². The molecule has 2 N–H and O–H groups in total. The van der Waals surface area contributed by atoms with E-state index in [2.05, 4.69) is 15.0 Å². The number of nitrogens with two attached hydrogens (primary N) is 1. The van der Waals surface area contributed by atoms with E-state index in [-0.39, 0.29) is 12.2 Å². The minimum atomic E-state index is -0.687. The van der Waals surface area contributed by atoms with Gasteiger partial charge in [-0.2, -0.15) is 0 Å². The SMILES string of the molecule is CC1O[C@@H](n2cnc3c(N)ncnc32)[C@]2(C)OC(c3ccccc3)O[C@H]12. The molecule has 1 aromatic carbocycles. The van der Waals surface area contributed by atoms with Crippen LogP contribution in [0.25, 0.3) is 11.2 Å². The molecule has 26 heavy (non-hydrogen) atoms. The Morgan fingerprint density at radius 3 is 2.73 bits per heavy atom. The summed E-state index contributed by atoms with van der Waals surface area (Å²) in [5.74, 6) is 0.340. The fourth-order valence-electron chi connectivity index (χ4n) is 3.92. The summed E-state index contributed by atoms with van der Waals surface area (Å²) in [6.45, 7) is 3.99. The predicted molar refractivity (Wildman–Crippen MR) is 92.9 cm³/mol. The maximum Gasteiger partial charge on any atom is 0.185 e. The standard InChI is InChI=1S/C18H19N5O3/c1-10-13-18(2,26-16(25-13)11-6-4-3-5-7-11)17(24-10)23-9-22-12-14(19)20-8-21-15(12)23/h3-10,13,16-17H,1-2H3,(H2,19,20,21)/t10?,13-,16?,17-,18-/m1/s1. The van der Waals surface area contributed by atoms with Gasteiger partial charge in [-0.25, -0.2) is 15.0 Å². The Morgan fingerprint density at radius 1 is 1.12 bits per heavy atom. The molecule has 0 aliphatic carbocycles. The molecule has 4 heterocycles. The van der Waals surface area contributed by atoms with E-state index in [1.807, 2.05) is 48.7 Å². The molecule has 134 valence electrons. The van der Waals surface area contributed by atoms with E-state index in [4.69, 9.17) is 19.9 Å². The van der Waals surface area contributed by atoms with Gasteiger partial charge in [0.2, 0.25) is 0 Å². The van der Waals surface area contributed by atoms with Crippen LogP contribution in [0, 0.1) is 0 Å². The first-order valence-corrected chi connectivity index (χ1v) is 8.54. The van der Waals surface area contributed by atoms with Gasteiger partial charge in [0.25, 0.3) is 0 Å². The lowest BCUT2D eigenvalue weighted by molar-refractivity contribution is -0.167. The molecule has 2 aliphatic rings. The van der Waals surface area contributed by atoms with Gasteiger partial charge in [-0.15, -0.1) is 0 Å². The molecule has 5 atom stereocenters. The number of hydrogen-bond donors (Lipinski definition) is 1. The molecule has 0 bridgehead atoms. The van der Waals surface area contributed by atoms with Crippen molar-refractivity contribution in [2.24, 2.45) is 0 Å². The van der Waals surface area contributed by atoms with Crippen molar-refractivity contribution in [3.8, 4) is 0 Å². The number of hydrogen-bond acceptors (Lipinski definition) is 7. The third-order valence-electron chi connectivity index (χ3n) is 5.17. The molecule has 5 rings (SSSR count). The molecule has 0 radical (unpaired) electrons. The number of ether oxygens (including phenoxy) is 3. The zero-order valence-electron chi connectivity index (χ0n) is 14.4. The van der Waals surface area contributed by atoms with Gasteiger partial charge in [0, 0.05) is 5.56 Å². The minimum absolute atomic E-state index is 0.143. The predicted octanol–water partition coefficient (Wildman–Crippen LogP) is 2.20. The average molecular weight is 353 g/mol. The summed E-state index contributed by atoms with van der Waals surface area (Å²) < 4.78 is 20.6. The van der Waals surface area contributed by atoms with Crippen LogP contribution < -0.4 is 5.73 Å². The van der Waals surface area contributed by atoms with Gasteiger partial charge in [-0.3, -0.25) is 4.57 Å². The molecule has 2 aromatic heterocycles. The number of imidazole rings is 1. The van der Waals surface area contributed by atoms with Crippen molar-refractivity contribution < 1.29 is 14.2 Å². The third kappa shape index (κ3) is 2.09. The van der Waals surface area contributed by atoms with E-state index in [1.165, 1.54) is 6.33 Å². The molecule has 2 aliphatic heterocycles. The van der Waals surface area contributed by atoms with Gasteiger partial charge in [0.15, 0.2) is 24.0 Å². The molecular formula is C18H19N5O3. The number of nitrogens with zero attached hydrogens (tertiary/aromatic N) is 4. The van der Waals surface area contributed by atoms with Crippen LogP contribution in [-0.4, -0.2) is 37.3 Å². The highest BCUT2D eigenvalue weighted by molar-refractivity contribution is 5.81. The maximum absolute atomic E-state index is 6.37. The summed E-state index contributed by atoms with van der Waals surface area (Å²) in [7, 11) is 0. The molecule has 8 nitrogen and oxygen atoms in total. The fourth-order valence-corrected chi connectivity index (χ4v) is 3.92. The summed E-state index contributed by atoms with van der Waals surface area (Å²) in [6, 6.07) is 9.90. The zero-order valence-corrected chi connectivity index (χ0v) is 14.4. The van der Waals surface area contributed by atoms with Crippen molar-refractivity contribution in [3.05, 3.63) is 48.5 Å². The number of benzene rings is 1. The molecule has 0 amide bonds. The van der Waals surface area contributed by atoms with Crippen molar-refractivity contribution in [3.63, 3.8) is 0 Å². The van der Waals surface area contributed by atoms with E-state index >= 15 is 0 Å². The summed E-state index contributed by atoms with van der Waals surface area (Å²) in [6.07, 6.45) is 1.86. The van der Waals surface area contributed by atoms with E-state index in [9.17, 15) is 0 Å². The Kier molecular flexibility index (Phi) is 3.30. The van der Waals surface area contributed by atoms with E-state index in [0.29, 0.717) is 17.0 Å². The summed E-state index contributed by atoms with van der Waals surface area (Å²) >= 11 is 0. The van der Waals surface area contributed by atoms with Crippen molar-refractivity contribution in [2.75, 3.05) is 5.73 Å². The first-order chi connectivity index (χ1) is 12.6. The molecule has 3 aromatic rings. The molecule has 0 saturated carbocycles. The maximum atomic E-state index is 6.37. The number of rotatable bonds is 2. The van der Waals surface area contributed by atoms with Crippen LogP contribution in [0.2, 0.25) is 0 Å². The Labute approximate surface area is 149 Å².